The van der Waals surface area contributed by atoms with Crippen LogP contribution in [0.4, 0.5) is 4.39 Å². The minimum atomic E-state index is -0.888. The normalized spacial score (nSPS) is 10.8. The quantitative estimate of drug-likeness (QED) is 0.801. The van der Waals surface area contributed by atoms with E-state index in [4.69, 9.17) is 9.52 Å². The first kappa shape index (κ1) is 15.4. The number of benzene rings is 1. The molecule has 1 aromatic heterocycles. The standard InChI is InChI=1S/C14H14FNO4S/c1-8-10-6-9(15)2-3-11(10)20-13(8)14(19)16-4-5-21-7-12(17)18/h2-3,6H,4-5,7H2,1H3,(H,16,19)(H,17,18). The molecule has 0 aliphatic heterocycles. The Kier molecular flexibility index (Phi) is 4.85. The van der Waals surface area contributed by atoms with Gasteiger partial charge >= 0.3 is 5.97 Å². The van der Waals surface area contributed by atoms with Crippen molar-refractivity contribution in [1.82, 2.24) is 5.32 Å². The first-order chi connectivity index (χ1) is 9.99. The lowest BCUT2D eigenvalue weighted by molar-refractivity contribution is -0.133. The van der Waals surface area contributed by atoms with Gasteiger partial charge in [-0.1, -0.05) is 0 Å². The third-order valence-electron chi connectivity index (χ3n) is 2.86. The van der Waals surface area contributed by atoms with Crippen LogP contribution in [0.3, 0.4) is 0 Å². The number of hydrogen-bond donors (Lipinski definition) is 2. The van der Waals surface area contributed by atoms with Crippen LogP contribution in [0.2, 0.25) is 0 Å². The van der Waals surface area contributed by atoms with Crippen LogP contribution in [0.1, 0.15) is 16.1 Å². The van der Waals surface area contributed by atoms with Crippen molar-refractivity contribution in [3.63, 3.8) is 0 Å². The largest absolute Gasteiger partial charge is 0.481 e. The van der Waals surface area contributed by atoms with E-state index in [1.807, 2.05) is 0 Å². The highest BCUT2D eigenvalue weighted by atomic mass is 32.2. The molecular formula is C14H14FNO4S. The van der Waals surface area contributed by atoms with Crippen LogP contribution in [0, 0.1) is 12.7 Å². The predicted molar refractivity (Wildman–Crippen MR) is 78.2 cm³/mol. The monoisotopic (exact) mass is 311 g/mol. The van der Waals surface area contributed by atoms with Crippen LogP contribution in [-0.2, 0) is 4.79 Å². The summed E-state index contributed by atoms with van der Waals surface area (Å²) < 4.78 is 18.6. The zero-order valence-corrected chi connectivity index (χ0v) is 12.1. The second-order valence-electron chi connectivity index (χ2n) is 4.40. The molecule has 1 amide bonds. The smallest absolute Gasteiger partial charge is 0.313 e. The maximum Gasteiger partial charge on any atom is 0.313 e. The summed E-state index contributed by atoms with van der Waals surface area (Å²) in [6.45, 7) is 2.03. The van der Waals surface area contributed by atoms with Gasteiger partial charge in [-0.05, 0) is 25.1 Å². The maximum absolute atomic E-state index is 13.2. The third kappa shape index (κ3) is 3.75. The SMILES string of the molecule is Cc1c(C(=O)NCCSCC(=O)O)oc2ccc(F)cc12. The molecule has 0 fully saturated rings. The molecular weight excluding hydrogens is 297 g/mol. The zero-order valence-electron chi connectivity index (χ0n) is 11.3. The summed E-state index contributed by atoms with van der Waals surface area (Å²) in [5.74, 6) is -1.02. The van der Waals surface area contributed by atoms with Gasteiger partial charge in [0, 0.05) is 23.2 Å². The van der Waals surface area contributed by atoms with Gasteiger partial charge in [0.25, 0.3) is 5.91 Å². The van der Waals surface area contributed by atoms with E-state index >= 15 is 0 Å². The number of furan rings is 1. The third-order valence-corrected chi connectivity index (χ3v) is 3.81. The van der Waals surface area contributed by atoms with Gasteiger partial charge in [-0.25, -0.2) is 4.39 Å². The van der Waals surface area contributed by atoms with Crippen molar-refractivity contribution in [1.29, 1.82) is 0 Å². The Hall–Kier alpha value is -2.02. The van der Waals surface area contributed by atoms with Crippen LogP contribution in [0.5, 0.6) is 0 Å². The Labute approximate surface area is 124 Å². The molecule has 2 rings (SSSR count). The van der Waals surface area contributed by atoms with E-state index < -0.39 is 5.97 Å². The number of fused-ring (bicyclic) bond motifs is 1. The van der Waals surface area contributed by atoms with E-state index in [1.165, 1.54) is 30.0 Å². The van der Waals surface area contributed by atoms with Crippen molar-refractivity contribution in [2.75, 3.05) is 18.1 Å². The first-order valence-electron chi connectivity index (χ1n) is 6.25. The first-order valence-corrected chi connectivity index (χ1v) is 7.41. The fraction of sp³-hybridized carbons (Fsp3) is 0.286. The summed E-state index contributed by atoms with van der Waals surface area (Å²) in [4.78, 5) is 22.3. The predicted octanol–water partition coefficient (Wildman–Crippen LogP) is 2.43. The molecule has 0 atom stereocenters. The summed E-state index contributed by atoms with van der Waals surface area (Å²) in [5.41, 5.74) is 1.04. The van der Waals surface area contributed by atoms with E-state index in [1.54, 1.807) is 6.92 Å². The number of aliphatic carboxylic acids is 1. The molecule has 0 aliphatic carbocycles. The van der Waals surface area contributed by atoms with Gasteiger partial charge in [-0.15, -0.1) is 11.8 Å². The van der Waals surface area contributed by atoms with E-state index in [-0.39, 0.29) is 23.2 Å². The number of aryl methyl sites for hydroxylation is 1. The Morgan fingerprint density at radius 3 is 2.90 bits per heavy atom. The van der Waals surface area contributed by atoms with Crippen LogP contribution in [0.15, 0.2) is 22.6 Å². The van der Waals surface area contributed by atoms with E-state index in [9.17, 15) is 14.0 Å². The van der Waals surface area contributed by atoms with Crippen LogP contribution >= 0.6 is 11.8 Å². The number of carboxylic acid groups (broad SMARTS) is 1. The molecule has 21 heavy (non-hydrogen) atoms. The molecule has 1 heterocycles. The number of carboxylic acids is 1. The van der Waals surface area contributed by atoms with Crippen molar-refractivity contribution in [2.45, 2.75) is 6.92 Å². The molecule has 1 aromatic carbocycles. The molecule has 0 unspecified atom stereocenters. The van der Waals surface area contributed by atoms with Crippen molar-refractivity contribution >= 4 is 34.6 Å². The summed E-state index contributed by atoms with van der Waals surface area (Å²) >= 11 is 1.22. The topological polar surface area (TPSA) is 79.5 Å². The highest BCUT2D eigenvalue weighted by Crippen LogP contribution is 2.25. The fourth-order valence-electron chi connectivity index (χ4n) is 1.89. The molecule has 0 bridgehead atoms. The average Bonchev–Trinajstić information content (AvgIpc) is 2.75. The zero-order chi connectivity index (χ0) is 15.4. The number of rotatable bonds is 6. The minimum absolute atomic E-state index is 0.00118. The Morgan fingerprint density at radius 2 is 2.19 bits per heavy atom. The minimum Gasteiger partial charge on any atom is -0.481 e. The Bertz CT molecular complexity index is 683. The number of nitrogens with one attached hydrogen (secondary N) is 1. The Balaban J connectivity index is 1.99. The van der Waals surface area contributed by atoms with Crippen LogP contribution in [0.25, 0.3) is 11.0 Å². The van der Waals surface area contributed by atoms with E-state index in [0.717, 1.165) is 0 Å². The second-order valence-corrected chi connectivity index (χ2v) is 5.50. The summed E-state index contributed by atoms with van der Waals surface area (Å²) in [6, 6.07) is 4.08. The van der Waals surface area contributed by atoms with E-state index in [2.05, 4.69) is 5.32 Å². The summed E-state index contributed by atoms with van der Waals surface area (Å²) in [6.07, 6.45) is 0. The number of halogens is 1. The molecule has 0 saturated carbocycles. The lowest BCUT2D eigenvalue weighted by atomic mass is 10.1. The van der Waals surface area contributed by atoms with Gasteiger partial charge in [0.05, 0.1) is 5.75 Å². The molecule has 0 saturated heterocycles. The van der Waals surface area contributed by atoms with E-state index in [0.29, 0.717) is 28.8 Å². The second kappa shape index (κ2) is 6.62. The number of hydrogen-bond acceptors (Lipinski definition) is 4. The van der Waals surface area contributed by atoms with Crippen molar-refractivity contribution in [3.8, 4) is 0 Å². The van der Waals surface area contributed by atoms with Crippen LogP contribution < -0.4 is 5.32 Å². The molecule has 7 heteroatoms. The molecule has 0 spiro atoms. The van der Waals surface area contributed by atoms with Gasteiger partial charge < -0.3 is 14.8 Å². The van der Waals surface area contributed by atoms with Gasteiger partial charge in [0.1, 0.15) is 11.4 Å². The van der Waals surface area contributed by atoms with Gasteiger partial charge in [-0.3, -0.25) is 9.59 Å². The molecule has 2 aromatic rings. The summed E-state index contributed by atoms with van der Waals surface area (Å²) in [5, 5.41) is 11.7. The molecule has 2 N–H and O–H groups in total. The lowest BCUT2D eigenvalue weighted by Gasteiger charge is -2.02. The van der Waals surface area contributed by atoms with Crippen molar-refractivity contribution in [3.05, 3.63) is 35.3 Å². The van der Waals surface area contributed by atoms with Gasteiger partial charge in [-0.2, -0.15) is 0 Å². The highest BCUT2D eigenvalue weighted by molar-refractivity contribution is 7.99. The number of thioether (sulfide) groups is 1. The summed E-state index contributed by atoms with van der Waals surface area (Å²) in [7, 11) is 0. The lowest BCUT2D eigenvalue weighted by Crippen LogP contribution is -2.26. The van der Waals surface area contributed by atoms with Crippen LogP contribution in [-0.4, -0.2) is 35.0 Å². The fourth-order valence-corrected chi connectivity index (χ4v) is 2.45. The molecule has 0 radical (unpaired) electrons. The van der Waals surface area contributed by atoms with Gasteiger partial charge in [0.2, 0.25) is 0 Å². The molecule has 0 aliphatic rings. The van der Waals surface area contributed by atoms with Gasteiger partial charge in [0.15, 0.2) is 5.76 Å². The molecule has 5 nitrogen and oxygen atoms in total. The van der Waals surface area contributed by atoms with Crippen molar-refractivity contribution < 1.29 is 23.5 Å². The Morgan fingerprint density at radius 1 is 1.43 bits per heavy atom. The number of carbonyl (C=O) groups excluding carboxylic acids is 1. The average molecular weight is 311 g/mol. The maximum atomic E-state index is 13.2. The number of amides is 1. The number of carbonyl (C=O) groups is 2. The highest BCUT2D eigenvalue weighted by Gasteiger charge is 2.17. The van der Waals surface area contributed by atoms with Crippen molar-refractivity contribution in [2.24, 2.45) is 0 Å². The molecule has 112 valence electrons.